The Morgan fingerprint density at radius 1 is 1.75 bits per heavy atom. The monoisotopic (exact) mass is 193 g/mol. The van der Waals surface area contributed by atoms with Crippen LogP contribution in [-0.4, -0.2) is 23.6 Å². The first-order chi connectivity index (χ1) is 5.29. The van der Waals surface area contributed by atoms with Gasteiger partial charge in [0.2, 0.25) is 4.87 Å². The topological polar surface area (TPSA) is 97.5 Å². The standard InChI is InChI=1S/C6H11NO4S/c1-3-5(8)6(7,4-2)12(9,10)11/h3H,1,4,7H2,2H3,(H,9,10,11). The summed E-state index contributed by atoms with van der Waals surface area (Å²) < 4.78 is 29.9. The minimum absolute atomic E-state index is 0.198. The zero-order valence-corrected chi connectivity index (χ0v) is 7.47. The number of hydrogen-bond acceptors (Lipinski definition) is 4. The molecule has 1 unspecified atom stereocenters. The maximum atomic E-state index is 10.9. The summed E-state index contributed by atoms with van der Waals surface area (Å²) in [6, 6.07) is 0. The van der Waals surface area contributed by atoms with Crippen molar-refractivity contribution in [3.63, 3.8) is 0 Å². The summed E-state index contributed by atoms with van der Waals surface area (Å²) in [5.41, 5.74) is 5.17. The van der Waals surface area contributed by atoms with Crippen LogP contribution in [0.2, 0.25) is 0 Å². The van der Waals surface area contributed by atoms with E-state index in [2.05, 4.69) is 6.58 Å². The molecule has 12 heavy (non-hydrogen) atoms. The Morgan fingerprint density at radius 3 is 2.25 bits per heavy atom. The molecule has 0 spiro atoms. The molecule has 0 radical (unpaired) electrons. The molecular weight excluding hydrogens is 182 g/mol. The van der Waals surface area contributed by atoms with Gasteiger partial charge >= 0.3 is 0 Å². The van der Waals surface area contributed by atoms with Crippen molar-refractivity contribution in [2.75, 3.05) is 0 Å². The fraction of sp³-hybridized carbons (Fsp3) is 0.500. The zero-order valence-electron chi connectivity index (χ0n) is 6.65. The second-order valence-electron chi connectivity index (χ2n) is 2.29. The van der Waals surface area contributed by atoms with Crippen LogP contribution in [-0.2, 0) is 14.9 Å². The summed E-state index contributed by atoms with van der Waals surface area (Å²) in [6.07, 6.45) is 0.577. The smallest absolute Gasteiger partial charge is 0.291 e. The Morgan fingerprint density at radius 2 is 2.17 bits per heavy atom. The normalized spacial score (nSPS) is 16.6. The third-order valence-electron chi connectivity index (χ3n) is 1.59. The van der Waals surface area contributed by atoms with E-state index in [9.17, 15) is 13.2 Å². The summed E-state index contributed by atoms with van der Waals surface area (Å²) in [4.78, 5) is 8.69. The van der Waals surface area contributed by atoms with Gasteiger partial charge in [-0.1, -0.05) is 13.5 Å². The predicted molar refractivity (Wildman–Crippen MR) is 44.0 cm³/mol. The second-order valence-corrected chi connectivity index (χ2v) is 3.97. The minimum atomic E-state index is -4.57. The number of rotatable bonds is 4. The van der Waals surface area contributed by atoms with E-state index < -0.39 is 20.8 Å². The lowest BCUT2D eigenvalue weighted by Crippen LogP contribution is -2.53. The van der Waals surface area contributed by atoms with E-state index in [1.54, 1.807) is 0 Å². The highest BCUT2D eigenvalue weighted by molar-refractivity contribution is 7.88. The lowest BCUT2D eigenvalue weighted by molar-refractivity contribution is -0.117. The molecule has 0 amide bonds. The molecule has 0 aromatic carbocycles. The van der Waals surface area contributed by atoms with Gasteiger partial charge in [0.25, 0.3) is 10.1 Å². The third kappa shape index (κ3) is 1.71. The molecule has 0 bridgehead atoms. The Bertz CT molecular complexity index is 295. The molecule has 3 N–H and O–H groups in total. The fourth-order valence-electron chi connectivity index (χ4n) is 0.657. The summed E-state index contributed by atoms with van der Waals surface area (Å²) in [6.45, 7) is 4.47. The van der Waals surface area contributed by atoms with E-state index in [4.69, 9.17) is 10.3 Å². The van der Waals surface area contributed by atoms with E-state index in [1.807, 2.05) is 0 Å². The van der Waals surface area contributed by atoms with Crippen molar-refractivity contribution in [3.05, 3.63) is 12.7 Å². The van der Waals surface area contributed by atoms with Gasteiger partial charge in [0.05, 0.1) is 0 Å². The van der Waals surface area contributed by atoms with Crippen LogP contribution in [0.5, 0.6) is 0 Å². The van der Waals surface area contributed by atoms with Crippen molar-refractivity contribution in [1.29, 1.82) is 0 Å². The highest BCUT2D eigenvalue weighted by Gasteiger charge is 2.42. The van der Waals surface area contributed by atoms with Crippen LogP contribution in [0.1, 0.15) is 13.3 Å². The lowest BCUT2D eigenvalue weighted by atomic mass is 10.1. The van der Waals surface area contributed by atoms with Crippen molar-refractivity contribution in [2.24, 2.45) is 5.73 Å². The number of nitrogens with two attached hydrogens (primary N) is 1. The van der Waals surface area contributed by atoms with Crippen LogP contribution in [0.3, 0.4) is 0 Å². The second kappa shape index (κ2) is 3.34. The van der Waals surface area contributed by atoms with Crippen LogP contribution >= 0.6 is 0 Å². The molecule has 0 aliphatic heterocycles. The SMILES string of the molecule is C=CC(=O)C(N)(CC)S(=O)(=O)O. The van der Waals surface area contributed by atoms with Gasteiger partial charge in [-0.15, -0.1) is 0 Å². The molecule has 0 aliphatic carbocycles. The summed E-state index contributed by atoms with van der Waals surface area (Å²) in [5, 5.41) is 0. The van der Waals surface area contributed by atoms with Crippen LogP contribution in [0.25, 0.3) is 0 Å². The van der Waals surface area contributed by atoms with Crippen molar-refractivity contribution >= 4 is 15.9 Å². The molecule has 0 fully saturated rings. The molecule has 0 heterocycles. The van der Waals surface area contributed by atoms with Crippen molar-refractivity contribution in [3.8, 4) is 0 Å². The average molecular weight is 193 g/mol. The lowest BCUT2D eigenvalue weighted by Gasteiger charge is -2.20. The highest BCUT2D eigenvalue weighted by atomic mass is 32.2. The first-order valence-corrected chi connectivity index (χ1v) is 4.66. The summed E-state index contributed by atoms with van der Waals surface area (Å²) in [5.74, 6) is -0.910. The zero-order chi connectivity index (χ0) is 9.99. The van der Waals surface area contributed by atoms with Gasteiger partial charge in [0.15, 0.2) is 5.78 Å². The maximum Gasteiger partial charge on any atom is 0.291 e. The number of ketones is 1. The first-order valence-electron chi connectivity index (χ1n) is 3.22. The minimum Gasteiger partial charge on any atom is -0.304 e. The van der Waals surface area contributed by atoms with Gasteiger partial charge in [-0.05, 0) is 12.5 Å². The largest absolute Gasteiger partial charge is 0.304 e. The predicted octanol–water partition coefficient (Wildman–Crippen LogP) is -0.306. The van der Waals surface area contributed by atoms with Crippen LogP contribution in [0.4, 0.5) is 0 Å². The molecule has 6 heteroatoms. The van der Waals surface area contributed by atoms with E-state index in [0.717, 1.165) is 6.08 Å². The van der Waals surface area contributed by atoms with Crippen LogP contribution in [0.15, 0.2) is 12.7 Å². The molecule has 0 aliphatic rings. The van der Waals surface area contributed by atoms with Gasteiger partial charge in [0.1, 0.15) is 0 Å². The summed E-state index contributed by atoms with van der Waals surface area (Å²) in [7, 11) is -4.57. The van der Waals surface area contributed by atoms with Crippen molar-refractivity contribution in [1.82, 2.24) is 0 Å². The molecule has 0 aromatic rings. The van der Waals surface area contributed by atoms with E-state index in [-0.39, 0.29) is 6.42 Å². The molecular formula is C6H11NO4S. The quantitative estimate of drug-likeness (QED) is 0.471. The number of hydrogen-bond donors (Lipinski definition) is 2. The molecule has 1 atom stereocenters. The van der Waals surface area contributed by atoms with Gasteiger partial charge in [-0.2, -0.15) is 8.42 Å². The molecule has 0 aromatic heterocycles. The van der Waals surface area contributed by atoms with Crippen molar-refractivity contribution < 1.29 is 17.8 Å². The Hall–Kier alpha value is -0.720. The molecule has 0 rings (SSSR count). The van der Waals surface area contributed by atoms with Gasteiger partial charge < -0.3 is 5.73 Å². The van der Waals surface area contributed by atoms with E-state index in [1.165, 1.54) is 6.92 Å². The van der Waals surface area contributed by atoms with E-state index >= 15 is 0 Å². The molecule has 0 saturated heterocycles. The number of carbonyl (C=O) groups excluding carboxylic acids is 1. The Kier molecular flexibility index (Phi) is 3.14. The number of carbonyl (C=O) groups is 1. The van der Waals surface area contributed by atoms with Crippen molar-refractivity contribution in [2.45, 2.75) is 18.2 Å². The fourth-order valence-corrected chi connectivity index (χ4v) is 1.36. The summed E-state index contributed by atoms with van der Waals surface area (Å²) >= 11 is 0. The Balaban J connectivity index is 5.22. The third-order valence-corrected chi connectivity index (χ3v) is 3.00. The van der Waals surface area contributed by atoms with Crippen LogP contribution in [0, 0.1) is 0 Å². The average Bonchev–Trinajstić information content (AvgIpc) is 1.99. The molecule has 70 valence electrons. The van der Waals surface area contributed by atoms with Crippen LogP contribution < -0.4 is 5.73 Å². The Labute approximate surface area is 71.0 Å². The molecule has 0 saturated carbocycles. The maximum absolute atomic E-state index is 10.9. The van der Waals surface area contributed by atoms with Gasteiger partial charge in [0, 0.05) is 0 Å². The van der Waals surface area contributed by atoms with E-state index in [0.29, 0.717) is 0 Å². The molecule has 5 nitrogen and oxygen atoms in total. The van der Waals surface area contributed by atoms with Gasteiger partial charge in [-0.25, -0.2) is 0 Å². The first kappa shape index (κ1) is 11.3. The van der Waals surface area contributed by atoms with Gasteiger partial charge in [-0.3, -0.25) is 9.35 Å². The highest BCUT2D eigenvalue weighted by Crippen LogP contribution is 2.15.